The summed E-state index contributed by atoms with van der Waals surface area (Å²) >= 11 is 3.45. The van der Waals surface area contributed by atoms with E-state index in [1.807, 2.05) is 6.07 Å². The van der Waals surface area contributed by atoms with E-state index in [1.165, 1.54) is 6.42 Å². The maximum Gasteiger partial charge on any atom is 0.101 e. The molecule has 4 heteroatoms. The van der Waals surface area contributed by atoms with Gasteiger partial charge in [0.1, 0.15) is 6.07 Å². The van der Waals surface area contributed by atoms with Crippen LogP contribution in [0.15, 0.2) is 18.2 Å². The highest BCUT2D eigenvalue weighted by atomic mass is 79.9. The van der Waals surface area contributed by atoms with E-state index < -0.39 is 0 Å². The molecule has 1 aromatic rings. The Balaban J connectivity index is 2.16. The first-order valence-corrected chi connectivity index (χ1v) is 8.43. The molecule has 1 fully saturated rings. The van der Waals surface area contributed by atoms with Gasteiger partial charge in [-0.05, 0) is 37.2 Å². The van der Waals surface area contributed by atoms with Gasteiger partial charge in [0.25, 0.3) is 0 Å². The van der Waals surface area contributed by atoms with Crippen LogP contribution >= 0.6 is 15.9 Å². The summed E-state index contributed by atoms with van der Waals surface area (Å²) in [6.07, 6.45) is 1.19. The minimum atomic E-state index is 0.618. The molecule has 108 valence electrons. The first kappa shape index (κ1) is 15.3. The van der Waals surface area contributed by atoms with Crippen LogP contribution in [0.5, 0.6) is 0 Å². The van der Waals surface area contributed by atoms with E-state index in [1.54, 1.807) is 0 Å². The zero-order chi connectivity index (χ0) is 14.5. The number of halogens is 1. The van der Waals surface area contributed by atoms with Crippen LogP contribution in [0.4, 0.5) is 5.69 Å². The van der Waals surface area contributed by atoms with E-state index in [0.717, 1.165) is 48.3 Å². The second kappa shape index (κ2) is 7.10. The van der Waals surface area contributed by atoms with Gasteiger partial charge in [0.2, 0.25) is 0 Å². The van der Waals surface area contributed by atoms with Crippen molar-refractivity contribution in [1.29, 1.82) is 5.26 Å². The summed E-state index contributed by atoms with van der Waals surface area (Å²) < 4.78 is 0. The average Bonchev–Trinajstić information content (AvgIpc) is 2.97. The first-order chi connectivity index (χ1) is 9.73. The summed E-state index contributed by atoms with van der Waals surface area (Å²) in [5, 5.41) is 10.2. The molecule has 2 rings (SSSR count). The number of anilines is 1. The van der Waals surface area contributed by atoms with Gasteiger partial charge in [-0.2, -0.15) is 5.26 Å². The van der Waals surface area contributed by atoms with Crippen LogP contribution in [-0.2, 0) is 5.33 Å². The van der Waals surface area contributed by atoms with Crippen molar-refractivity contribution in [3.8, 4) is 6.07 Å². The lowest BCUT2D eigenvalue weighted by Crippen LogP contribution is -2.37. The van der Waals surface area contributed by atoms with Crippen LogP contribution < -0.4 is 4.90 Å². The molecule has 0 amide bonds. The Hall–Kier alpha value is -1.05. The summed E-state index contributed by atoms with van der Waals surface area (Å²) in [6, 6.07) is 9.16. The molecule has 1 unspecified atom stereocenters. The van der Waals surface area contributed by atoms with Gasteiger partial charge < -0.3 is 4.90 Å². The van der Waals surface area contributed by atoms with E-state index in [4.69, 9.17) is 0 Å². The number of nitriles is 1. The lowest BCUT2D eigenvalue weighted by Gasteiger charge is -2.27. The van der Waals surface area contributed by atoms with Crippen LogP contribution in [-0.4, -0.2) is 37.1 Å². The average molecular weight is 336 g/mol. The second-order valence-electron chi connectivity index (χ2n) is 5.21. The minimum absolute atomic E-state index is 0.618. The van der Waals surface area contributed by atoms with Gasteiger partial charge in [-0.15, -0.1) is 0 Å². The highest BCUT2D eigenvalue weighted by molar-refractivity contribution is 9.08. The molecule has 0 radical (unpaired) electrons. The molecule has 1 atom stereocenters. The van der Waals surface area contributed by atoms with Gasteiger partial charge in [-0.1, -0.05) is 35.8 Å². The number of alkyl halides is 1. The van der Waals surface area contributed by atoms with Gasteiger partial charge in [0.15, 0.2) is 0 Å². The Labute approximate surface area is 130 Å². The Kier molecular flexibility index (Phi) is 5.45. The van der Waals surface area contributed by atoms with Gasteiger partial charge in [0.05, 0.1) is 11.3 Å². The Morgan fingerprint density at radius 1 is 1.40 bits per heavy atom. The summed E-state index contributed by atoms with van der Waals surface area (Å²) in [5.41, 5.74) is 3.04. The standard InChI is InChI=1S/C16H22BrN3/c1-3-19(4-2)15-7-8-20(12-15)16-6-5-13(10-17)9-14(16)11-18/h5-6,9,15H,3-4,7-8,10,12H2,1-2H3. The van der Waals surface area contributed by atoms with Crippen molar-refractivity contribution in [2.45, 2.75) is 31.6 Å². The molecule has 0 aliphatic carbocycles. The molecule has 1 aliphatic rings. The molecule has 3 nitrogen and oxygen atoms in total. The van der Waals surface area contributed by atoms with Crippen molar-refractivity contribution in [2.24, 2.45) is 0 Å². The number of rotatable bonds is 5. The largest absolute Gasteiger partial charge is 0.369 e. The number of benzene rings is 1. The van der Waals surface area contributed by atoms with Gasteiger partial charge in [-0.3, -0.25) is 4.90 Å². The Morgan fingerprint density at radius 3 is 2.75 bits per heavy atom. The van der Waals surface area contributed by atoms with E-state index in [9.17, 15) is 5.26 Å². The predicted molar refractivity (Wildman–Crippen MR) is 87.3 cm³/mol. The third-order valence-electron chi connectivity index (χ3n) is 4.17. The molecule has 1 aromatic carbocycles. The fraction of sp³-hybridized carbons (Fsp3) is 0.562. The topological polar surface area (TPSA) is 30.3 Å². The van der Waals surface area contributed by atoms with Crippen LogP contribution in [0.2, 0.25) is 0 Å². The molecule has 0 N–H and O–H groups in total. The quantitative estimate of drug-likeness (QED) is 0.773. The van der Waals surface area contributed by atoms with E-state index in [0.29, 0.717) is 6.04 Å². The van der Waals surface area contributed by atoms with Gasteiger partial charge >= 0.3 is 0 Å². The number of hydrogen-bond acceptors (Lipinski definition) is 3. The van der Waals surface area contributed by atoms with Crippen molar-refractivity contribution in [3.05, 3.63) is 29.3 Å². The maximum absolute atomic E-state index is 9.36. The van der Waals surface area contributed by atoms with Crippen LogP contribution in [0.1, 0.15) is 31.4 Å². The number of nitrogens with zero attached hydrogens (tertiary/aromatic N) is 3. The van der Waals surface area contributed by atoms with Gasteiger partial charge in [0, 0.05) is 24.5 Å². The van der Waals surface area contributed by atoms with Crippen LogP contribution in [0, 0.1) is 11.3 Å². The third kappa shape index (κ3) is 3.16. The molecule has 1 heterocycles. The number of hydrogen-bond donors (Lipinski definition) is 0. The predicted octanol–water partition coefficient (Wildman–Crippen LogP) is 3.37. The highest BCUT2D eigenvalue weighted by Gasteiger charge is 2.27. The lowest BCUT2D eigenvalue weighted by molar-refractivity contribution is 0.232. The molecular weight excluding hydrogens is 314 g/mol. The van der Waals surface area contributed by atoms with Crippen molar-refractivity contribution in [3.63, 3.8) is 0 Å². The Bertz CT molecular complexity index is 491. The summed E-state index contributed by atoms with van der Waals surface area (Å²) in [4.78, 5) is 4.87. The zero-order valence-corrected chi connectivity index (χ0v) is 13.9. The molecule has 1 saturated heterocycles. The fourth-order valence-electron chi connectivity index (χ4n) is 3.03. The van der Waals surface area contributed by atoms with E-state index in [-0.39, 0.29) is 0 Å². The third-order valence-corrected chi connectivity index (χ3v) is 4.82. The Morgan fingerprint density at radius 2 is 2.15 bits per heavy atom. The number of likely N-dealkylation sites (N-methyl/N-ethyl adjacent to an activating group) is 1. The van der Waals surface area contributed by atoms with Crippen molar-refractivity contribution in [1.82, 2.24) is 4.90 Å². The van der Waals surface area contributed by atoms with Crippen molar-refractivity contribution < 1.29 is 0 Å². The summed E-state index contributed by atoms with van der Waals surface area (Å²) in [7, 11) is 0. The molecular formula is C16H22BrN3. The zero-order valence-electron chi connectivity index (χ0n) is 12.3. The maximum atomic E-state index is 9.36. The van der Waals surface area contributed by atoms with Crippen molar-refractivity contribution in [2.75, 3.05) is 31.1 Å². The molecule has 0 spiro atoms. The van der Waals surface area contributed by atoms with E-state index >= 15 is 0 Å². The van der Waals surface area contributed by atoms with E-state index in [2.05, 4.69) is 57.8 Å². The second-order valence-corrected chi connectivity index (χ2v) is 5.77. The molecule has 20 heavy (non-hydrogen) atoms. The first-order valence-electron chi connectivity index (χ1n) is 7.31. The molecule has 1 aliphatic heterocycles. The van der Waals surface area contributed by atoms with Crippen LogP contribution in [0.3, 0.4) is 0 Å². The normalized spacial score (nSPS) is 18.6. The molecule has 0 aromatic heterocycles. The molecule has 0 bridgehead atoms. The molecule has 0 saturated carbocycles. The minimum Gasteiger partial charge on any atom is -0.369 e. The monoisotopic (exact) mass is 335 g/mol. The summed E-state index contributed by atoms with van der Waals surface area (Å²) in [6.45, 7) is 8.72. The van der Waals surface area contributed by atoms with Crippen molar-refractivity contribution >= 4 is 21.6 Å². The van der Waals surface area contributed by atoms with Gasteiger partial charge in [-0.25, -0.2) is 0 Å². The smallest absolute Gasteiger partial charge is 0.101 e. The highest BCUT2D eigenvalue weighted by Crippen LogP contribution is 2.27. The fourth-order valence-corrected chi connectivity index (χ4v) is 3.38. The van der Waals surface area contributed by atoms with Crippen LogP contribution in [0.25, 0.3) is 0 Å². The SMILES string of the molecule is CCN(CC)C1CCN(c2ccc(CBr)cc2C#N)C1. The lowest BCUT2D eigenvalue weighted by atomic mass is 10.1. The summed E-state index contributed by atoms with van der Waals surface area (Å²) in [5.74, 6) is 0.